The van der Waals surface area contributed by atoms with Crippen molar-refractivity contribution in [3.05, 3.63) is 65.2 Å². The molecule has 5 heteroatoms. The highest BCUT2D eigenvalue weighted by Gasteiger charge is 2.22. The van der Waals surface area contributed by atoms with Crippen LogP contribution in [0.15, 0.2) is 42.5 Å². The largest absolute Gasteiger partial charge is 0.497 e. The minimum Gasteiger partial charge on any atom is -0.497 e. The van der Waals surface area contributed by atoms with E-state index in [0.29, 0.717) is 12.3 Å². The smallest absolute Gasteiger partial charge is 0.254 e. The number of carbonyl (C=O) groups is 1. The molecular weight excluding hydrogens is 300 g/mol. The van der Waals surface area contributed by atoms with Gasteiger partial charge in [-0.05, 0) is 49.7 Å². The molecule has 0 aliphatic carbocycles. The number of hydrogen-bond acceptors (Lipinski definition) is 2. The van der Waals surface area contributed by atoms with E-state index in [1.807, 2.05) is 38.1 Å². The van der Waals surface area contributed by atoms with Gasteiger partial charge in [0.1, 0.15) is 5.75 Å². The predicted molar refractivity (Wildman–Crippen MR) is 84.5 cm³/mol. The van der Waals surface area contributed by atoms with Crippen LogP contribution in [0.5, 0.6) is 5.75 Å². The molecule has 0 aliphatic rings. The van der Waals surface area contributed by atoms with Gasteiger partial charge in [0.25, 0.3) is 5.91 Å². The van der Waals surface area contributed by atoms with Gasteiger partial charge in [-0.15, -0.1) is 0 Å². The summed E-state index contributed by atoms with van der Waals surface area (Å²) in [5, 5.41) is 0. The van der Waals surface area contributed by atoms with E-state index in [0.717, 1.165) is 17.7 Å². The average molecular weight is 319 g/mol. The highest BCUT2D eigenvalue weighted by atomic mass is 19.2. The quantitative estimate of drug-likeness (QED) is 0.827. The number of ether oxygens (including phenoxy) is 1. The van der Waals surface area contributed by atoms with E-state index in [-0.39, 0.29) is 17.5 Å². The van der Waals surface area contributed by atoms with Gasteiger partial charge in [0.15, 0.2) is 11.6 Å². The number of methoxy groups -OCH3 is 1. The number of benzene rings is 2. The van der Waals surface area contributed by atoms with E-state index in [1.165, 1.54) is 6.07 Å². The van der Waals surface area contributed by atoms with Crippen LogP contribution in [0.4, 0.5) is 8.78 Å². The Kier molecular flexibility index (Phi) is 5.32. The van der Waals surface area contributed by atoms with Crippen molar-refractivity contribution in [1.29, 1.82) is 0 Å². The zero-order chi connectivity index (χ0) is 17.0. The van der Waals surface area contributed by atoms with Gasteiger partial charge in [0.05, 0.1) is 13.2 Å². The topological polar surface area (TPSA) is 29.5 Å². The van der Waals surface area contributed by atoms with Crippen LogP contribution in [0.3, 0.4) is 0 Å². The van der Waals surface area contributed by atoms with Gasteiger partial charge in [-0.1, -0.05) is 12.1 Å². The predicted octanol–water partition coefficient (Wildman–Crippen LogP) is 4.20. The van der Waals surface area contributed by atoms with Crippen molar-refractivity contribution in [2.45, 2.75) is 19.9 Å². The second kappa shape index (κ2) is 7.22. The summed E-state index contributed by atoms with van der Waals surface area (Å²) in [4.78, 5) is 14.2. The van der Waals surface area contributed by atoms with Crippen molar-refractivity contribution in [2.75, 3.05) is 13.7 Å². The van der Waals surface area contributed by atoms with Crippen LogP contribution in [0.2, 0.25) is 0 Å². The van der Waals surface area contributed by atoms with Gasteiger partial charge in [-0.3, -0.25) is 4.79 Å². The molecule has 0 aliphatic heterocycles. The van der Waals surface area contributed by atoms with Crippen molar-refractivity contribution in [3.63, 3.8) is 0 Å². The highest BCUT2D eigenvalue weighted by molar-refractivity contribution is 5.94. The lowest BCUT2D eigenvalue weighted by molar-refractivity contribution is 0.0701. The van der Waals surface area contributed by atoms with Gasteiger partial charge >= 0.3 is 0 Å². The number of halogens is 2. The first kappa shape index (κ1) is 16.9. The summed E-state index contributed by atoms with van der Waals surface area (Å²) in [5.74, 6) is -1.64. The third kappa shape index (κ3) is 3.67. The fourth-order valence-corrected chi connectivity index (χ4v) is 2.47. The van der Waals surface area contributed by atoms with E-state index < -0.39 is 11.6 Å². The maximum atomic E-state index is 13.4. The first-order chi connectivity index (χ1) is 11.0. The van der Waals surface area contributed by atoms with Crippen molar-refractivity contribution >= 4 is 5.91 Å². The number of amides is 1. The molecule has 23 heavy (non-hydrogen) atoms. The Morgan fingerprint density at radius 2 is 1.91 bits per heavy atom. The van der Waals surface area contributed by atoms with Crippen LogP contribution in [-0.4, -0.2) is 24.5 Å². The Bertz CT molecular complexity index is 703. The molecule has 1 atom stereocenters. The Hall–Kier alpha value is -2.43. The minimum absolute atomic E-state index is 0.125. The Morgan fingerprint density at radius 1 is 1.17 bits per heavy atom. The van der Waals surface area contributed by atoms with Crippen molar-refractivity contribution in [1.82, 2.24) is 4.90 Å². The molecule has 1 amide bonds. The molecular formula is C18H19F2NO2. The number of rotatable bonds is 5. The summed E-state index contributed by atoms with van der Waals surface area (Å²) in [6.45, 7) is 4.17. The molecule has 3 nitrogen and oxygen atoms in total. The molecule has 0 saturated carbocycles. The second-order valence-electron chi connectivity index (χ2n) is 5.17. The molecule has 2 aromatic carbocycles. The molecule has 1 unspecified atom stereocenters. The molecule has 0 heterocycles. The molecule has 122 valence electrons. The summed E-state index contributed by atoms with van der Waals surface area (Å²) < 4.78 is 31.6. The Labute approximate surface area is 134 Å². The van der Waals surface area contributed by atoms with Gasteiger partial charge in [0.2, 0.25) is 0 Å². The third-order valence-corrected chi connectivity index (χ3v) is 3.81. The first-order valence-electron chi connectivity index (χ1n) is 7.38. The lowest BCUT2D eigenvalue weighted by atomic mass is 10.0. The van der Waals surface area contributed by atoms with Gasteiger partial charge in [-0.25, -0.2) is 8.78 Å². The molecule has 0 N–H and O–H groups in total. The van der Waals surface area contributed by atoms with Crippen LogP contribution in [0, 0.1) is 11.6 Å². The van der Waals surface area contributed by atoms with Crippen molar-refractivity contribution in [2.24, 2.45) is 0 Å². The molecule has 2 rings (SSSR count). The Balaban J connectivity index is 2.29. The zero-order valence-electron chi connectivity index (χ0n) is 13.3. The second-order valence-corrected chi connectivity index (χ2v) is 5.17. The van der Waals surface area contributed by atoms with E-state index >= 15 is 0 Å². The van der Waals surface area contributed by atoms with Gasteiger partial charge in [0, 0.05) is 12.1 Å². The SMILES string of the molecule is CCN(C(=O)c1ccc(F)c(F)c1)C(C)c1cccc(OC)c1. The van der Waals surface area contributed by atoms with E-state index in [9.17, 15) is 13.6 Å². The molecule has 2 aromatic rings. The van der Waals surface area contributed by atoms with Crippen LogP contribution in [0.25, 0.3) is 0 Å². The average Bonchev–Trinajstić information content (AvgIpc) is 2.57. The fourth-order valence-electron chi connectivity index (χ4n) is 2.47. The fraction of sp³-hybridized carbons (Fsp3) is 0.278. The summed E-state index contributed by atoms with van der Waals surface area (Å²) in [5.41, 5.74) is 1.03. The summed E-state index contributed by atoms with van der Waals surface area (Å²) in [6, 6.07) is 10.4. The maximum absolute atomic E-state index is 13.4. The van der Waals surface area contributed by atoms with Gasteiger partial charge < -0.3 is 9.64 Å². The van der Waals surface area contributed by atoms with E-state index in [4.69, 9.17) is 4.74 Å². The molecule has 0 bridgehead atoms. The third-order valence-electron chi connectivity index (χ3n) is 3.81. The lowest BCUT2D eigenvalue weighted by Crippen LogP contribution is -2.33. The summed E-state index contributed by atoms with van der Waals surface area (Å²) >= 11 is 0. The molecule has 0 aromatic heterocycles. The van der Waals surface area contributed by atoms with Crippen molar-refractivity contribution < 1.29 is 18.3 Å². The van der Waals surface area contributed by atoms with Crippen LogP contribution in [0.1, 0.15) is 35.8 Å². The standard InChI is InChI=1S/C18H19F2NO2/c1-4-21(12(2)13-6-5-7-15(10-13)23-3)18(22)14-8-9-16(19)17(20)11-14/h5-12H,4H2,1-3H3. The zero-order valence-corrected chi connectivity index (χ0v) is 13.3. The van der Waals surface area contributed by atoms with Crippen LogP contribution < -0.4 is 4.74 Å². The van der Waals surface area contributed by atoms with Crippen LogP contribution >= 0.6 is 0 Å². The monoisotopic (exact) mass is 319 g/mol. The molecule has 0 fully saturated rings. The maximum Gasteiger partial charge on any atom is 0.254 e. The first-order valence-corrected chi connectivity index (χ1v) is 7.38. The summed E-state index contributed by atoms with van der Waals surface area (Å²) in [7, 11) is 1.58. The van der Waals surface area contributed by atoms with Crippen molar-refractivity contribution in [3.8, 4) is 5.75 Å². The van der Waals surface area contributed by atoms with Gasteiger partial charge in [-0.2, -0.15) is 0 Å². The minimum atomic E-state index is -1.03. The number of hydrogen-bond donors (Lipinski definition) is 0. The normalized spacial score (nSPS) is 11.9. The molecule has 0 saturated heterocycles. The lowest BCUT2D eigenvalue weighted by Gasteiger charge is -2.28. The highest BCUT2D eigenvalue weighted by Crippen LogP contribution is 2.25. The molecule has 0 spiro atoms. The Morgan fingerprint density at radius 3 is 2.52 bits per heavy atom. The number of nitrogens with zero attached hydrogens (tertiary/aromatic N) is 1. The van der Waals surface area contributed by atoms with Crippen LogP contribution in [-0.2, 0) is 0 Å². The summed E-state index contributed by atoms with van der Waals surface area (Å²) in [6.07, 6.45) is 0. The molecule has 0 radical (unpaired) electrons. The number of carbonyl (C=O) groups excluding carboxylic acids is 1. The van der Waals surface area contributed by atoms with E-state index in [2.05, 4.69) is 0 Å². The van der Waals surface area contributed by atoms with E-state index in [1.54, 1.807) is 12.0 Å².